The number of methoxy groups -OCH3 is 1. The van der Waals surface area contributed by atoms with E-state index in [2.05, 4.69) is 19.6 Å². The Kier molecular flexibility index (Phi) is 11.4. The minimum Gasteiger partial charge on any atom is -0.497 e. The van der Waals surface area contributed by atoms with Crippen LogP contribution < -0.4 is 10.1 Å². The second-order valence-corrected chi connectivity index (χ2v) is 7.85. The molecule has 0 saturated carbocycles. The van der Waals surface area contributed by atoms with Crippen LogP contribution in [0.2, 0.25) is 5.15 Å². The Morgan fingerprint density at radius 3 is 2.32 bits per heavy atom. The third-order valence-corrected chi connectivity index (χ3v) is 4.80. The summed E-state index contributed by atoms with van der Waals surface area (Å²) in [4.78, 5) is 4.26. The van der Waals surface area contributed by atoms with Crippen LogP contribution in [0.1, 0.15) is 19.4 Å². The second kappa shape index (κ2) is 13.2. The van der Waals surface area contributed by atoms with Gasteiger partial charge in [-0.3, -0.25) is 4.18 Å². The summed E-state index contributed by atoms with van der Waals surface area (Å²) in [5, 5.41) is 7.88. The van der Waals surface area contributed by atoms with E-state index in [1.807, 2.05) is 38.1 Å². The molecule has 0 radical (unpaired) electrons. The monoisotopic (exact) mass is 532 g/mol. The van der Waals surface area contributed by atoms with Crippen molar-refractivity contribution in [1.29, 1.82) is 0 Å². The van der Waals surface area contributed by atoms with Crippen LogP contribution in [0.3, 0.4) is 0 Å². The Hall–Kier alpha value is -2.71. The minimum absolute atomic E-state index is 0.424. The van der Waals surface area contributed by atoms with Gasteiger partial charge in [-0.15, -0.1) is 0 Å². The molecule has 15 heteroatoms. The summed E-state index contributed by atoms with van der Waals surface area (Å²) < 4.78 is 85.9. The maximum Gasteiger partial charge on any atom is 0.523 e. The highest BCUT2D eigenvalue weighted by Gasteiger charge is 2.47. The van der Waals surface area contributed by atoms with Gasteiger partial charge < -0.3 is 10.1 Å². The highest BCUT2D eigenvalue weighted by atomic mass is 35.5. The van der Waals surface area contributed by atoms with Crippen molar-refractivity contribution in [3.05, 3.63) is 53.4 Å². The Balaban J connectivity index is 0.000000357. The third kappa shape index (κ3) is 8.91. The molecule has 8 nitrogen and oxygen atoms in total. The van der Waals surface area contributed by atoms with E-state index in [0.29, 0.717) is 11.7 Å². The standard InChI is InChI=1S/C14H13ClN4O.C3H3F5O3S.C2H6/c1-20-11-4-2-10(3-5-11)9-17-12-8-13(15)18-19-7-6-16-14(12)19;4-2(5)1-11-12(9,10)3(6,7)8;1-2/h2-8,17H,9H2,1H3;2H,1H2;1-2H3. The normalized spacial score (nSPS) is 11.4. The fourth-order valence-electron chi connectivity index (χ4n) is 2.16. The van der Waals surface area contributed by atoms with Gasteiger partial charge in [-0.2, -0.15) is 26.7 Å². The Labute approximate surface area is 197 Å². The van der Waals surface area contributed by atoms with E-state index in [4.69, 9.17) is 16.3 Å². The molecule has 1 aromatic carbocycles. The van der Waals surface area contributed by atoms with Crippen molar-refractivity contribution in [2.75, 3.05) is 19.0 Å². The number of benzene rings is 1. The molecule has 3 rings (SSSR count). The molecule has 0 aliphatic heterocycles. The number of nitrogens with one attached hydrogen (secondary N) is 1. The lowest BCUT2D eigenvalue weighted by Gasteiger charge is -2.08. The predicted molar refractivity (Wildman–Crippen MR) is 117 cm³/mol. The molecule has 0 saturated heterocycles. The van der Waals surface area contributed by atoms with E-state index < -0.39 is 28.7 Å². The number of imidazole rings is 1. The zero-order chi connectivity index (χ0) is 25.9. The summed E-state index contributed by atoms with van der Waals surface area (Å²) in [5.74, 6) is 0.844. The molecular formula is C19H22ClF5N4O4S. The average molecular weight is 533 g/mol. The molecule has 2 heterocycles. The molecule has 0 fully saturated rings. The minimum atomic E-state index is -5.87. The topological polar surface area (TPSA) is 94.8 Å². The molecule has 0 bridgehead atoms. The molecule has 0 spiro atoms. The first-order valence-corrected chi connectivity index (χ1v) is 11.3. The van der Waals surface area contributed by atoms with Crippen molar-refractivity contribution in [3.8, 4) is 5.75 Å². The summed E-state index contributed by atoms with van der Waals surface area (Å²) >= 11 is 5.99. The molecule has 34 heavy (non-hydrogen) atoms. The van der Waals surface area contributed by atoms with Crippen molar-refractivity contribution in [2.45, 2.75) is 32.3 Å². The molecule has 0 atom stereocenters. The smallest absolute Gasteiger partial charge is 0.497 e. The first-order chi connectivity index (χ1) is 15.9. The van der Waals surface area contributed by atoms with Gasteiger partial charge in [-0.05, 0) is 17.7 Å². The average Bonchev–Trinajstić information content (AvgIpc) is 3.26. The summed E-state index contributed by atoms with van der Waals surface area (Å²) in [6.45, 7) is 2.88. The molecular weight excluding hydrogens is 511 g/mol. The maximum absolute atomic E-state index is 11.3. The van der Waals surface area contributed by atoms with Gasteiger partial charge in [0, 0.05) is 25.0 Å². The van der Waals surface area contributed by atoms with Crippen molar-refractivity contribution in [3.63, 3.8) is 0 Å². The van der Waals surface area contributed by atoms with Gasteiger partial charge in [0.15, 0.2) is 10.8 Å². The number of fused-ring (bicyclic) bond motifs is 1. The molecule has 3 aromatic rings. The van der Waals surface area contributed by atoms with E-state index in [1.165, 1.54) is 0 Å². The summed E-state index contributed by atoms with van der Waals surface area (Å²) in [6, 6.07) is 9.66. The largest absolute Gasteiger partial charge is 0.523 e. The van der Waals surface area contributed by atoms with Gasteiger partial charge in [-0.25, -0.2) is 18.3 Å². The van der Waals surface area contributed by atoms with Crippen LogP contribution >= 0.6 is 11.6 Å². The number of halogens is 6. The number of aromatic nitrogens is 3. The van der Waals surface area contributed by atoms with E-state index >= 15 is 0 Å². The van der Waals surface area contributed by atoms with Crippen LogP contribution in [0, 0.1) is 0 Å². The lowest BCUT2D eigenvalue weighted by molar-refractivity contribution is -0.0572. The fourth-order valence-corrected chi connectivity index (χ4v) is 2.77. The summed E-state index contributed by atoms with van der Waals surface area (Å²) in [5.41, 5.74) is -2.90. The predicted octanol–water partition coefficient (Wildman–Crippen LogP) is 5.15. The molecule has 0 aliphatic rings. The van der Waals surface area contributed by atoms with E-state index in [0.717, 1.165) is 22.6 Å². The first kappa shape index (κ1) is 29.3. The van der Waals surface area contributed by atoms with Crippen LogP contribution in [0.5, 0.6) is 5.75 Å². The molecule has 2 aromatic heterocycles. The van der Waals surface area contributed by atoms with Crippen molar-refractivity contribution in [2.24, 2.45) is 0 Å². The van der Waals surface area contributed by atoms with E-state index in [-0.39, 0.29) is 0 Å². The number of ether oxygens (including phenoxy) is 1. The van der Waals surface area contributed by atoms with Gasteiger partial charge >= 0.3 is 15.6 Å². The van der Waals surface area contributed by atoms with Gasteiger partial charge in [0.1, 0.15) is 12.4 Å². The van der Waals surface area contributed by atoms with Crippen molar-refractivity contribution < 1.29 is 39.3 Å². The lowest BCUT2D eigenvalue weighted by atomic mass is 10.2. The number of hydrogen-bond acceptors (Lipinski definition) is 7. The van der Waals surface area contributed by atoms with Gasteiger partial charge in [-0.1, -0.05) is 37.6 Å². The van der Waals surface area contributed by atoms with Crippen LogP contribution in [-0.4, -0.2) is 48.7 Å². The summed E-state index contributed by atoms with van der Waals surface area (Å²) in [6.07, 6.45) is 0.193. The number of hydrogen-bond donors (Lipinski definition) is 1. The van der Waals surface area contributed by atoms with Gasteiger partial charge in [0.2, 0.25) is 0 Å². The fraction of sp³-hybridized carbons (Fsp3) is 0.368. The van der Waals surface area contributed by atoms with Gasteiger partial charge in [0.05, 0.1) is 12.8 Å². The first-order valence-electron chi connectivity index (χ1n) is 9.53. The number of nitrogens with zero attached hydrogens (tertiary/aromatic N) is 3. The number of anilines is 1. The van der Waals surface area contributed by atoms with Crippen LogP contribution in [0.15, 0.2) is 42.7 Å². The van der Waals surface area contributed by atoms with E-state index in [1.54, 1.807) is 30.1 Å². The van der Waals surface area contributed by atoms with E-state index in [9.17, 15) is 30.4 Å². The molecule has 0 unspecified atom stereocenters. The number of alkyl halides is 5. The Morgan fingerprint density at radius 2 is 1.79 bits per heavy atom. The lowest BCUT2D eigenvalue weighted by Crippen LogP contribution is -2.27. The van der Waals surface area contributed by atoms with Crippen molar-refractivity contribution >= 4 is 33.1 Å². The Bertz CT molecular complexity index is 1130. The Morgan fingerprint density at radius 1 is 1.18 bits per heavy atom. The zero-order valence-corrected chi connectivity index (χ0v) is 19.8. The van der Waals surface area contributed by atoms with Crippen molar-refractivity contribution in [1.82, 2.24) is 14.6 Å². The summed E-state index contributed by atoms with van der Waals surface area (Å²) in [7, 11) is -4.22. The SMILES string of the molecule is CC.COc1ccc(CNc2cc(Cl)nn3ccnc23)cc1.O=S(=O)(OCC(F)F)C(F)(F)F. The second-order valence-electron chi connectivity index (χ2n) is 5.85. The molecule has 0 amide bonds. The van der Waals surface area contributed by atoms with Crippen LogP contribution in [0.25, 0.3) is 5.65 Å². The zero-order valence-electron chi connectivity index (χ0n) is 18.2. The molecule has 1 N–H and O–H groups in total. The quantitative estimate of drug-likeness (QED) is 0.255. The highest BCUT2D eigenvalue weighted by Crippen LogP contribution is 2.24. The molecule has 190 valence electrons. The third-order valence-electron chi connectivity index (χ3n) is 3.60. The molecule has 0 aliphatic carbocycles. The number of rotatable bonds is 7. The highest BCUT2D eigenvalue weighted by molar-refractivity contribution is 7.87. The van der Waals surface area contributed by atoms with Gasteiger partial charge in [0.25, 0.3) is 6.43 Å². The van der Waals surface area contributed by atoms with Crippen LogP contribution in [0.4, 0.5) is 27.6 Å². The maximum atomic E-state index is 11.3. The van der Waals surface area contributed by atoms with Crippen LogP contribution in [-0.2, 0) is 20.8 Å².